The molecule has 0 unspecified atom stereocenters. The highest BCUT2D eigenvalue weighted by molar-refractivity contribution is 5.61. The highest BCUT2D eigenvalue weighted by atomic mass is 16.5. The molecule has 2 aromatic heterocycles. The van der Waals surface area contributed by atoms with E-state index >= 15 is 0 Å². The minimum atomic E-state index is -1.13. The third-order valence-corrected chi connectivity index (χ3v) is 7.74. The number of ether oxygens (including phenoxy) is 1. The van der Waals surface area contributed by atoms with E-state index in [0.717, 1.165) is 61.5 Å². The molecule has 3 N–H and O–H groups in total. The van der Waals surface area contributed by atoms with Crippen molar-refractivity contribution in [3.8, 4) is 11.3 Å². The fourth-order valence-corrected chi connectivity index (χ4v) is 5.34. The third kappa shape index (κ3) is 3.92. The fraction of sp³-hybridized carbons (Fsp3) is 0.464. The molecule has 0 saturated carbocycles. The van der Waals surface area contributed by atoms with E-state index in [9.17, 15) is 5.11 Å². The smallest absolute Gasteiger partial charge is 0.124 e. The molecule has 2 fully saturated rings. The summed E-state index contributed by atoms with van der Waals surface area (Å²) in [6.45, 7) is 9.71. The Kier molecular flexibility index (Phi) is 5.89. The summed E-state index contributed by atoms with van der Waals surface area (Å²) in [6.07, 6.45) is 5.81. The van der Waals surface area contributed by atoms with E-state index in [0.29, 0.717) is 11.8 Å². The number of nitrogens with zero attached hydrogens (tertiary/aromatic N) is 1. The van der Waals surface area contributed by atoms with E-state index in [1.807, 2.05) is 12.4 Å². The molecule has 0 spiro atoms. The first kappa shape index (κ1) is 22.3. The average Bonchev–Trinajstić information content (AvgIpc) is 3.33. The largest absolute Gasteiger partial charge is 0.381 e. The van der Waals surface area contributed by atoms with Gasteiger partial charge in [0.2, 0.25) is 0 Å². The number of rotatable bonds is 6. The molecule has 0 amide bonds. The van der Waals surface area contributed by atoms with Crippen molar-refractivity contribution in [1.29, 1.82) is 0 Å². The van der Waals surface area contributed by atoms with Gasteiger partial charge in [0.25, 0.3) is 0 Å². The molecule has 5 nitrogen and oxygen atoms in total. The molecule has 5 rings (SSSR count). The van der Waals surface area contributed by atoms with Gasteiger partial charge in [-0.3, -0.25) is 4.98 Å². The second-order valence-corrected chi connectivity index (χ2v) is 10.3. The standard InChI is InChI=1S/C28H35N3O2/c1-19(2)20-4-6-23(7-5-20)28(32,27(3)17-30-18-27)24-14-22(15-29-16-24)26-9-8-25(31-26)21-10-12-33-13-11-21/h4-9,14-16,19,21,30-32H,10-13,17-18H2,1-3H3/t28-/m0/s1. The first-order chi connectivity index (χ1) is 15.9. The zero-order valence-electron chi connectivity index (χ0n) is 19.9. The maximum atomic E-state index is 12.3. The molecule has 0 radical (unpaired) electrons. The number of pyridine rings is 1. The highest BCUT2D eigenvalue weighted by Crippen LogP contribution is 2.48. The van der Waals surface area contributed by atoms with Gasteiger partial charge >= 0.3 is 0 Å². The minimum absolute atomic E-state index is 0.310. The van der Waals surface area contributed by atoms with Crippen LogP contribution in [0.2, 0.25) is 0 Å². The number of aromatic amines is 1. The Bertz CT molecular complexity index is 1090. The number of hydrogen-bond donors (Lipinski definition) is 3. The van der Waals surface area contributed by atoms with Crippen molar-refractivity contribution in [3.63, 3.8) is 0 Å². The summed E-state index contributed by atoms with van der Waals surface area (Å²) in [5.74, 6) is 0.968. The van der Waals surface area contributed by atoms with Crippen LogP contribution in [0.1, 0.15) is 67.8 Å². The number of nitrogens with one attached hydrogen (secondary N) is 2. The molecular formula is C28H35N3O2. The third-order valence-electron chi connectivity index (χ3n) is 7.74. The average molecular weight is 446 g/mol. The lowest BCUT2D eigenvalue weighted by molar-refractivity contribution is -0.0769. The van der Waals surface area contributed by atoms with Gasteiger partial charge in [-0.1, -0.05) is 45.0 Å². The summed E-state index contributed by atoms with van der Waals surface area (Å²) in [5.41, 5.74) is 4.89. The molecule has 3 aromatic rings. The molecule has 5 heteroatoms. The van der Waals surface area contributed by atoms with Crippen LogP contribution >= 0.6 is 0 Å². The molecule has 2 saturated heterocycles. The summed E-state index contributed by atoms with van der Waals surface area (Å²) in [6, 6.07) is 14.9. The van der Waals surface area contributed by atoms with Gasteiger partial charge in [0.15, 0.2) is 0 Å². The zero-order valence-corrected chi connectivity index (χ0v) is 19.9. The topological polar surface area (TPSA) is 70.2 Å². The van der Waals surface area contributed by atoms with Crippen molar-refractivity contribution in [2.45, 2.75) is 51.0 Å². The SMILES string of the molecule is CC(C)c1ccc([C@](O)(c2cncc(-c3ccc(C4CCOCC4)[nH]3)c2)C2(C)CNC2)cc1. The normalized spacial score (nSPS) is 20.4. The number of H-pyrrole nitrogens is 1. The minimum Gasteiger partial charge on any atom is -0.381 e. The van der Waals surface area contributed by atoms with Gasteiger partial charge < -0.3 is 20.1 Å². The Morgan fingerprint density at radius 2 is 1.76 bits per heavy atom. The number of hydrogen-bond acceptors (Lipinski definition) is 4. The van der Waals surface area contributed by atoms with Crippen LogP contribution in [0, 0.1) is 5.41 Å². The van der Waals surface area contributed by atoms with Crippen LogP contribution in [0.15, 0.2) is 54.9 Å². The Morgan fingerprint density at radius 1 is 1.03 bits per heavy atom. The second-order valence-electron chi connectivity index (χ2n) is 10.3. The van der Waals surface area contributed by atoms with Gasteiger partial charge in [-0.05, 0) is 48.1 Å². The van der Waals surface area contributed by atoms with Crippen LogP contribution in [-0.4, -0.2) is 41.4 Å². The van der Waals surface area contributed by atoms with Crippen molar-refractivity contribution in [1.82, 2.24) is 15.3 Å². The lowest BCUT2D eigenvalue weighted by Gasteiger charge is -2.52. The highest BCUT2D eigenvalue weighted by Gasteiger charge is 2.53. The van der Waals surface area contributed by atoms with Crippen LogP contribution in [0.3, 0.4) is 0 Å². The summed E-state index contributed by atoms with van der Waals surface area (Å²) in [4.78, 5) is 8.19. The fourth-order valence-electron chi connectivity index (χ4n) is 5.34. The summed E-state index contributed by atoms with van der Waals surface area (Å²) in [7, 11) is 0. The predicted octanol–water partition coefficient (Wildman–Crippen LogP) is 4.94. The van der Waals surface area contributed by atoms with Crippen LogP contribution < -0.4 is 5.32 Å². The molecular weight excluding hydrogens is 410 g/mol. The van der Waals surface area contributed by atoms with Gasteiger partial charge in [-0.2, -0.15) is 0 Å². The summed E-state index contributed by atoms with van der Waals surface area (Å²) >= 11 is 0. The van der Waals surface area contributed by atoms with Crippen molar-refractivity contribution in [2.24, 2.45) is 5.41 Å². The summed E-state index contributed by atoms with van der Waals surface area (Å²) in [5, 5.41) is 15.7. The Labute approximate surface area is 196 Å². The lowest BCUT2D eigenvalue weighted by Crippen LogP contribution is -2.63. The van der Waals surface area contributed by atoms with E-state index < -0.39 is 5.60 Å². The number of aromatic nitrogens is 2. The van der Waals surface area contributed by atoms with Gasteiger partial charge in [-0.25, -0.2) is 0 Å². The van der Waals surface area contributed by atoms with Crippen molar-refractivity contribution in [2.75, 3.05) is 26.3 Å². The van der Waals surface area contributed by atoms with Crippen LogP contribution in [0.25, 0.3) is 11.3 Å². The van der Waals surface area contributed by atoms with Gasteiger partial charge in [0.1, 0.15) is 5.60 Å². The van der Waals surface area contributed by atoms with Crippen molar-refractivity contribution < 1.29 is 9.84 Å². The first-order valence-corrected chi connectivity index (χ1v) is 12.2. The second kappa shape index (κ2) is 8.71. The molecule has 1 atom stereocenters. The Balaban J connectivity index is 1.52. The van der Waals surface area contributed by atoms with E-state index in [4.69, 9.17) is 4.74 Å². The van der Waals surface area contributed by atoms with E-state index in [1.54, 1.807) is 0 Å². The maximum Gasteiger partial charge on any atom is 0.124 e. The van der Waals surface area contributed by atoms with Crippen LogP contribution in [0.5, 0.6) is 0 Å². The number of benzene rings is 1. The molecule has 2 aliphatic heterocycles. The van der Waals surface area contributed by atoms with Crippen LogP contribution in [-0.2, 0) is 10.3 Å². The van der Waals surface area contributed by atoms with Crippen molar-refractivity contribution in [3.05, 3.63) is 77.2 Å². The molecule has 33 heavy (non-hydrogen) atoms. The molecule has 2 aliphatic rings. The molecule has 174 valence electrons. The molecule has 4 heterocycles. The monoisotopic (exact) mass is 445 g/mol. The van der Waals surface area contributed by atoms with Gasteiger partial charge in [0, 0.05) is 72.5 Å². The van der Waals surface area contributed by atoms with E-state index in [-0.39, 0.29) is 5.41 Å². The maximum absolute atomic E-state index is 12.3. The summed E-state index contributed by atoms with van der Waals surface area (Å²) < 4.78 is 5.52. The Hall–Kier alpha value is -2.47. The number of aliphatic hydroxyl groups is 1. The van der Waals surface area contributed by atoms with Crippen molar-refractivity contribution >= 4 is 0 Å². The Morgan fingerprint density at radius 3 is 2.39 bits per heavy atom. The first-order valence-electron chi connectivity index (χ1n) is 12.2. The van der Waals surface area contributed by atoms with Crippen LogP contribution in [0.4, 0.5) is 0 Å². The molecule has 0 aliphatic carbocycles. The zero-order chi connectivity index (χ0) is 23.1. The van der Waals surface area contributed by atoms with E-state index in [2.05, 4.69) is 78.5 Å². The van der Waals surface area contributed by atoms with Gasteiger partial charge in [0.05, 0.1) is 0 Å². The predicted molar refractivity (Wildman–Crippen MR) is 131 cm³/mol. The van der Waals surface area contributed by atoms with Gasteiger partial charge in [-0.15, -0.1) is 0 Å². The molecule has 1 aromatic carbocycles. The quantitative estimate of drug-likeness (QED) is 0.503. The lowest BCUT2D eigenvalue weighted by atomic mass is 9.63. The van der Waals surface area contributed by atoms with E-state index in [1.165, 1.54) is 11.3 Å². The molecule has 0 bridgehead atoms.